The van der Waals surface area contributed by atoms with Crippen LogP contribution in [-0.2, 0) is 4.74 Å². The maximum Gasteiger partial charge on any atom is 0.317 e. The molecule has 0 spiro atoms. The molecule has 2 heterocycles. The van der Waals surface area contributed by atoms with E-state index >= 15 is 0 Å². The summed E-state index contributed by atoms with van der Waals surface area (Å²) in [4.78, 5) is 8.22. The fourth-order valence-electron chi connectivity index (χ4n) is 0.966. The average Bonchev–Trinajstić information content (AvgIpc) is 2.12. The van der Waals surface area contributed by atoms with E-state index in [1.165, 1.54) is 0 Å². The molecule has 1 aliphatic rings. The minimum atomic E-state index is 0.0524. The molecule has 0 amide bonds. The van der Waals surface area contributed by atoms with Crippen LogP contribution >= 0.6 is 12.2 Å². The lowest BCUT2D eigenvalue weighted by molar-refractivity contribution is -0.0831. The van der Waals surface area contributed by atoms with Gasteiger partial charge in [-0.15, -0.1) is 0 Å². The van der Waals surface area contributed by atoms with Crippen LogP contribution in [0, 0.1) is 0 Å². The predicted molar refractivity (Wildman–Crippen MR) is 53.2 cm³/mol. The van der Waals surface area contributed by atoms with Gasteiger partial charge in [-0.1, -0.05) is 12.2 Å². The van der Waals surface area contributed by atoms with E-state index in [4.69, 9.17) is 27.4 Å². The smallest absolute Gasteiger partial charge is 0.317 e. The maximum absolute atomic E-state index is 5.42. The van der Waals surface area contributed by atoms with Gasteiger partial charge in [0.1, 0.15) is 16.8 Å². The normalized spacial score (nSPS) is 16.0. The van der Waals surface area contributed by atoms with Crippen LogP contribution in [0.15, 0.2) is 12.3 Å². The molecule has 5 nitrogen and oxygen atoms in total. The van der Waals surface area contributed by atoms with E-state index in [1.54, 1.807) is 12.3 Å². The van der Waals surface area contributed by atoms with Crippen molar-refractivity contribution in [2.45, 2.75) is 6.10 Å². The second kappa shape index (κ2) is 3.85. The lowest BCUT2D eigenvalue weighted by Crippen LogP contribution is -2.39. The largest absolute Gasteiger partial charge is 0.455 e. The van der Waals surface area contributed by atoms with E-state index in [-0.39, 0.29) is 11.1 Å². The predicted octanol–water partition coefficient (Wildman–Crippen LogP) is -0.112. The lowest BCUT2D eigenvalue weighted by atomic mass is 10.3. The Balaban J connectivity index is 2.09. The molecule has 2 N–H and O–H groups in total. The van der Waals surface area contributed by atoms with Crippen molar-refractivity contribution in [3.8, 4) is 6.01 Å². The van der Waals surface area contributed by atoms with Crippen molar-refractivity contribution >= 4 is 17.2 Å². The number of nitrogens with zero attached hydrogens (tertiary/aromatic N) is 2. The molecule has 0 saturated carbocycles. The van der Waals surface area contributed by atoms with Crippen molar-refractivity contribution in [1.29, 1.82) is 0 Å². The first-order valence-corrected chi connectivity index (χ1v) is 4.54. The fraction of sp³-hybridized carbons (Fsp3) is 0.375. The Kier molecular flexibility index (Phi) is 2.55. The molecule has 1 saturated heterocycles. The Bertz CT molecular complexity index is 354. The molecule has 0 aliphatic carbocycles. The molecule has 1 aliphatic heterocycles. The van der Waals surface area contributed by atoms with Crippen molar-refractivity contribution in [3.05, 3.63) is 18.0 Å². The number of hydrogen-bond acceptors (Lipinski definition) is 5. The van der Waals surface area contributed by atoms with Crippen LogP contribution in [0.1, 0.15) is 5.69 Å². The van der Waals surface area contributed by atoms with E-state index < -0.39 is 0 Å². The van der Waals surface area contributed by atoms with Crippen LogP contribution in [-0.4, -0.2) is 34.3 Å². The summed E-state index contributed by atoms with van der Waals surface area (Å²) in [5.41, 5.74) is 5.94. The number of aromatic nitrogens is 2. The first-order chi connectivity index (χ1) is 6.75. The van der Waals surface area contributed by atoms with Crippen molar-refractivity contribution in [3.63, 3.8) is 0 Å². The summed E-state index contributed by atoms with van der Waals surface area (Å²) in [6.07, 6.45) is 1.62. The first kappa shape index (κ1) is 9.29. The van der Waals surface area contributed by atoms with Gasteiger partial charge >= 0.3 is 6.01 Å². The summed E-state index contributed by atoms with van der Waals surface area (Å²) >= 11 is 4.78. The molecule has 0 aromatic carbocycles. The molecule has 0 bridgehead atoms. The Labute approximate surface area is 86.3 Å². The highest BCUT2D eigenvalue weighted by molar-refractivity contribution is 7.80. The standard InChI is InChI=1S/C8H9N3O2S/c9-7(14)6-1-2-10-8(11-6)13-5-3-12-4-5/h1-2,5H,3-4H2,(H2,9,14). The summed E-state index contributed by atoms with van der Waals surface area (Å²) in [6, 6.07) is 1.94. The maximum atomic E-state index is 5.42. The van der Waals surface area contributed by atoms with Crippen LogP contribution < -0.4 is 10.5 Å². The molecule has 1 fully saturated rings. The zero-order valence-electron chi connectivity index (χ0n) is 7.34. The summed E-state index contributed by atoms with van der Waals surface area (Å²) in [7, 11) is 0. The zero-order valence-corrected chi connectivity index (χ0v) is 8.16. The Hall–Kier alpha value is -1.27. The van der Waals surface area contributed by atoms with Crippen molar-refractivity contribution in [1.82, 2.24) is 9.97 Å². The zero-order chi connectivity index (χ0) is 9.97. The highest BCUT2D eigenvalue weighted by Crippen LogP contribution is 2.10. The monoisotopic (exact) mass is 211 g/mol. The Morgan fingerprint density at radius 3 is 3.00 bits per heavy atom. The third-order valence-corrected chi connectivity index (χ3v) is 1.97. The number of nitrogens with two attached hydrogens (primary N) is 1. The van der Waals surface area contributed by atoms with Gasteiger partial charge in [0.25, 0.3) is 0 Å². The third kappa shape index (κ3) is 1.97. The minimum Gasteiger partial charge on any atom is -0.455 e. The first-order valence-electron chi connectivity index (χ1n) is 4.13. The van der Waals surface area contributed by atoms with Gasteiger partial charge in [0.2, 0.25) is 0 Å². The van der Waals surface area contributed by atoms with Gasteiger partial charge < -0.3 is 15.2 Å². The van der Waals surface area contributed by atoms with Crippen LogP contribution in [0.2, 0.25) is 0 Å². The van der Waals surface area contributed by atoms with Gasteiger partial charge in [-0.25, -0.2) is 4.98 Å². The quantitative estimate of drug-likeness (QED) is 0.703. The molecule has 6 heteroatoms. The van der Waals surface area contributed by atoms with Crippen LogP contribution in [0.5, 0.6) is 6.01 Å². The summed E-state index contributed by atoms with van der Waals surface area (Å²) in [5.74, 6) is 0. The Morgan fingerprint density at radius 2 is 2.43 bits per heavy atom. The third-order valence-electron chi connectivity index (χ3n) is 1.77. The lowest BCUT2D eigenvalue weighted by Gasteiger charge is -2.25. The minimum absolute atomic E-state index is 0.0524. The van der Waals surface area contributed by atoms with Gasteiger partial charge in [0, 0.05) is 6.20 Å². The van der Waals surface area contributed by atoms with Crippen molar-refractivity contribution < 1.29 is 9.47 Å². The van der Waals surface area contributed by atoms with Gasteiger partial charge in [-0.2, -0.15) is 4.98 Å². The fourth-order valence-corrected chi connectivity index (χ4v) is 1.08. The van der Waals surface area contributed by atoms with Gasteiger partial charge in [-0.05, 0) is 6.07 Å². The van der Waals surface area contributed by atoms with Crippen LogP contribution in [0.25, 0.3) is 0 Å². The molecule has 2 rings (SSSR count). The molecule has 1 aromatic rings. The molecule has 74 valence electrons. The number of hydrogen-bond donors (Lipinski definition) is 1. The van der Waals surface area contributed by atoms with Crippen molar-refractivity contribution in [2.24, 2.45) is 5.73 Å². The topological polar surface area (TPSA) is 70.3 Å². The number of ether oxygens (including phenoxy) is 2. The van der Waals surface area contributed by atoms with Gasteiger partial charge in [-0.3, -0.25) is 0 Å². The average molecular weight is 211 g/mol. The number of thiocarbonyl (C=S) groups is 1. The molecule has 1 aromatic heterocycles. The summed E-state index contributed by atoms with van der Waals surface area (Å²) in [6.45, 7) is 1.17. The van der Waals surface area contributed by atoms with E-state index in [9.17, 15) is 0 Å². The molecule has 0 unspecified atom stereocenters. The van der Waals surface area contributed by atoms with Gasteiger partial charge in [0.05, 0.1) is 13.2 Å². The molecule has 0 radical (unpaired) electrons. The van der Waals surface area contributed by atoms with E-state index in [1.807, 2.05) is 0 Å². The Morgan fingerprint density at radius 1 is 1.64 bits per heavy atom. The van der Waals surface area contributed by atoms with Crippen LogP contribution in [0.3, 0.4) is 0 Å². The van der Waals surface area contributed by atoms with E-state index in [0.29, 0.717) is 24.9 Å². The SMILES string of the molecule is NC(=S)c1ccnc(OC2COC2)n1. The second-order valence-electron chi connectivity index (χ2n) is 2.87. The number of rotatable bonds is 3. The molecular weight excluding hydrogens is 202 g/mol. The highest BCUT2D eigenvalue weighted by Gasteiger charge is 2.21. The molecule has 0 atom stereocenters. The second-order valence-corrected chi connectivity index (χ2v) is 3.31. The summed E-state index contributed by atoms with van der Waals surface area (Å²) < 4.78 is 10.3. The highest BCUT2D eigenvalue weighted by atomic mass is 32.1. The van der Waals surface area contributed by atoms with Gasteiger partial charge in [0.15, 0.2) is 0 Å². The van der Waals surface area contributed by atoms with Crippen molar-refractivity contribution in [2.75, 3.05) is 13.2 Å². The van der Waals surface area contributed by atoms with Crippen LogP contribution in [0.4, 0.5) is 0 Å². The summed E-state index contributed by atoms with van der Waals surface area (Å²) in [5, 5.41) is 0. The molecular formula is C8H9N3O2S. The van der Waals surface area contributed by atoms with E-state index in [0.717, 1.165) is 0 Å². The van der Waals surface area contributed by atoms with E-state index in [2.05, 4.69) is 9.97 Å². The molecule has 14 heavy (non-hydrogen) atoms.